The normalized spacial score (nSPS) is 11.4. The SMILES string of the molecule is CCCCCOC(=O)/C(C#N)=C/c1ccc(-c2ccc(SC(F)F)cc2)o1. The Morgan fingerprint density at radius 3 is 2.63 bits per heavy atom. The molecule has 0 saturated heterocycles. The molecule has 0 saturated carbocycles. The van der Waals surface area contributed by atoms with Gasteiger partial charge in [-0.25, -0.2) is 4.79 Å². The molecule has 1 heterocycles. The number of halogens is 2. The van der Waals surface area contributed by atoms with E-state index in [4.69, 9.17) is 14.4 Å². The number of hydrogen-bond acceptors (Lipinski definition) is 5. The number of benzene rings is 1. The number of alkyl halides is 2. The quantitative estimate of drug-likeness (QED) is 0.175. The molecule has 0 N–H and O–H groups in total. The molecular formula is C20H19F2NO3S. The van der Waals surface area contributed by atoms with E-state index in [1.165, 1.54) is 6.08 Å². The minimum atomic E-state index is -2.47. The summed E-state index contributed by atoms with van der Waals surface area (Å²) in [5.74, 6) is -2.32. The van der Waals surface area contributed by atoms with E-state index in [0.29, 0.717) is 33.7 Å². The Morgan fingerprint density at radius 2 is 2.00 bits per heavy atom. The van der Waals surface area contributed by atoms with Gasteiger partial charge in [0.2, 0.25) is 0 Å². The van der Waals surface area contributed by atoms with Crippen LogP contribution in [0.25, 0.3) is 17.4 Å². The number of ether oxygens (including phenoxy) is 1. The molecule has 1 aromatic carbocycles. The van der Waals surface area contributed by atoms with Crippen LogP contribution in [0.1, 0.15) is 31.9 Å². The Hall–Kier alpha value is -2.59. The molecule has 0 spiro atoms. The Bertz CT molecular complexity index is 822. The van der Waals surface area contributed by atoms with Gasteiger partial charge in [0.25, 0.3) is 5.76 Å². The largest absolute Gasteiger partial charge is 0.462 e. The third-order valence-electron chi connectivity index (χ3n) is 3.60. The zero-order valence-corrected chi connectivity index (χ0v) is 15.6. The van der Waals surface area contributed by atoms with Crippen molar-refractivity contribution >= 4 is 23.8 Å². The maximum Gasteiger partial charge on any atom is 0.349 e. The molecule has 0 bridgehead atoms. The standard InChI is InChI=1S/C20H19F2NO3S/c1-2-3-4-11-25-19(24)15(13-23)12-16-7-10-18(26-16)14-5-8-17(9-6-14)27-20(21)22/h5-10,12,20H,2-4,11H2,1H3/b15-12+. The lowest BCUT2D eigenvalue weighted by Crippen LogP contribution is -2.07. The van der Waals surface area contributed by atoms with Crippen molar-refractivity contribution in [1.82, 2.24) is 0 Å². The lowest BCUT2D eigenvalue weighted by atomic mass is 10.2. The zero-order chi connectivity index (χ0) is 19.6. The summed E-state index contributed by atoms with van der Waals surface area (Å²) in [7, 11) is 0. The van der Waals surface area contributed by atoms with Gasteiger partial charge in [0, 0.05) is 16.5 Å². The van der Waals surface area contributed by atoms with Crippen LogP contribution in [0.5, 0.6) is 0 Å². The summed E-state index contributed by atoms with van der Waals surface area (Å²) in [6.45, 7) is 2.32. The van der Waals surface area contributed by atoms with E-state index in [9.17, 15) is 13.6 Å². The van der Waals surface area contributed by atoms with E-state index in [1.807, 2.05) is 13.0 Å². The lowest BCUT2D eigenvalue weighted by molar-refractivity contribution is -0.138. The van der Waals surface area contributed by atoms with Gasteiger partial charge in [0.1, 0.15) is 23.2 Å². The van der Waals surface area contributed by atoms with E-state index in [1.54, 1.807) is 36.4 Å². The first-order chi connectivity index (χ1) is 13.0. The van der Waals surface area contributed by atoms with Gasteiger partial charge in [0.15, 0.2) is 0 Å². The molecule has 1 aromatic heterocycles. The van der Waals surface area contributed by atoms with Crippen molar-refractivity contribution in [2.45, 2.75) is 36.8 Å². The number of thioether (sulfide) groups is 1. The minimum Gasteiger partial charge on any atom is -0.462 e. The third-order valence-corrected chi connectivity index (χ3v) is 4.32. The predicted octanol–water partition coefficient (Wildman–Crippen LogP) is 5.90. The summed E-state index contributed by atoms with van der Waals surface area (Å²) in [5, 5.41) is 9.16. The second kappa shape index (κ2) is 10.5. The highest BCUT2D eigenvalue weighted by atomic mass is 32.2. The fraction of sp³-hybridized carbons (Fsp3) is 0.300. The van der Waals surface area contributed by atoms with E-state index in [2.05, 4.69) is 0 Å². The van der Waals surface area contributed by atoms with Gasteiger partial charge < -0.3 is 9.15 Å². The van der Waals surface area contributed by atoms with Crippen LogP contribution in [-0.2, 0) is 9.53 Å². The fourth-order valence-corrected chi connectivity index (χ4v) is 2.76. The van der Waals surface area contributed by atoms with Gasteiger partial charge in [-0.15, -0.1) is 0 Å². The van der Waals surface area contributed by atoms with Crippen LogP contribution >= 0.6 is 11.8 Å². The zero-order valence-electron chi connectivity index (χ0n) is 14.8. The number of carbonyl (C=O) groups excluding carboxylic acids is 1. The highest BCUT2D eigenvalue weighted by Crippen LogP contribution is 2.29. The summed E-state index contributed by atoms with van der Waals surface area (Å²) in [5.41, 5.74) is 0.560. The topological polar surface area (TPSA) is 63.2 Å². The Morgan fingerprint density at radius 1 is 1.26 bits per heavy atom. The van der Waals surface area contributed by atoms with Gasteiger partial charge in [-0.1, -0.05) is 43.7 Å². The monoisotopic (exact) mass is 391 g/mol. The number of nitriles is 1. The van der Waals surface area contributed by atoms with Crippen molar-refractivity contribution in [1.29, 1.82) is 5.26 Å². The number of rotatable bonds is 9. The molecule has 0 unspecified atom stereocenters. The molecular weight excluding hydrogens is 372 g/mol. The maximum atomic E-state index is 12.4. The molecule has 2 rings (SSSR count). The van der Waals surface area contributed by atoms with Crippen molar-refractivity contribution in [2.24, 2.45) is 0 Å². The van der Waals surface area contributed by atoms with Crippen LogP contribution in [0.4, 0.5) is 8.78 Å². The average molecular weight is 391 g/mol. The minimum absolute atomic E-state index is 0.143. The van der Waals surface area contributed by atoms with Gasteiger partial charge in [0.05, 0.1) is 6.61 Å². The van der Waals surface area contributed by atoms with Crippen molar-refractivity contribution < 1.29 is 22.7 Å². The summed E-state index contributed by atoms with van der Waals surface area (Å²) in [6.07, 6.45) is 4.04. The third kappa shape index (κ3) is 6.57. The van der Waals surface area contributed by atoms with Crippen molar-refractivity contribution in [3.05, 3.63) is 47.7 Å². The summed E-state index contributed by atoms with van der Waals surface area (Å²) < 4.78 is 35.4. The lowest BCUT2D eigenvalue weighted by Gasteiger charge is -2.02. The van der Waals surface area contributed by atoms with Crippen LogP contribution in [0.3, 0.4) is 0 Å². The highest BCUT2D eigenvalue weighted by Gasteiger charge is 2.13. The van der Waals surface area contributed by atoms with Crippen LogP contribution in [-0.4, -0.2) is 18.3 Å². The molecule has 0 fully saturated rings. The first-order valence-electron chi connectivity index (χ1n) is 8.47. The predicted molar refractivity (Wildman–Crippen MR) is 100 cm³/mol. The molecule has 0 aliphatic rings. The van der Waals surface area contributed by atoms with Crippen molar-refractivity contribution in [3.63, 3.8) is 0 Å². The number of furan rings is 1. The van der Waals surface area contributed by atoms with Gasteiger partial charge >= 0.3 is 5.97 Å². The van der Waals surface area contributed by atoms with Crippen molar-refractivity contribution in [2.75, 3.05) is 6.61 Å². The second-order valence-electron chi connectivity index (χ2n) is 5.62. The number of hydrogen-bond donors (Lipinski definition) is 0. The smallest absolute Gasteiger partial charge is 0.349 e. The Labute approximate surface area is 160 Å². The maximum absolute atomic E-state index is 12.4. The summed E-state index contributed by atoms with van der Waals surface area (Å²) in [6, 6.07) is 11.6. The molecule has 142 valence electrons. The van der Waals surface area contributed by atoms with Crippen LogP contribution in [0, 0.1) is 11.3 Å². The molecule has 0 aliphatic heterocycles. The number of carbonyl (C=O) groups is 1. The molecule has 0 amide bonds. The van der Waals surface area contributed by atoms with Gasteiger partial charge in [-0.2, -0.15) is 14.0 Å². The molecule has 7 heteroatoms. The van der Waals surface area contributed by atoms with Gasteiger partial charge in [-0.05, 0) is 30.7 Å². The average Bonchev–Trinajstić information content (AvgIpc) is 3.12. The van der Waals surface area contributed by atoms with Crippen LogP contribution < -0.4 is 0 Å². The molecule has 27 heavy (non-hydrogen) atoms. The van der Waals surface area contributed by atoms with Crippen LogP contribution in [0.15, 0.2) is 51.3 Å². The Balaban J connectivity index is 2.06. The van der Waals surface area contributed by atoms with Crippen molar-refractivity contribution in [3.8, 4) is 17.4 Å². The van der Waals surface area contributed by atoms with E-state index >= 15 is 0 Å². The second-order valence-corrected chi connectivity index (χ2v) is 6.68. The molecule has 2 aromatic rings. The number of nitrogens with zero attached hydrogens (tertiary/aromatic N) is 1. The van der Waals surface area contributed by atoms with E-state index in [0.717, 1.165) is 19.3 Å². The number of esters is 1. The molecule has 0 atom stereocenters. The van der Waals surface area contributed by atoms with Crippen LogP contribution in [0.2, 0.25) is 0 Å². The molecule has 4 nitrogen and oxygen atoms in total. The van der Waals surface area contributed by atoms with E-state index < -0.39 is 11.7 Å². The first kappa shape index (κ1) is 20.7. The molecule has 0 radical (unpaired) electrons. The fourth-order valence-electron chi connectivity index (χ4n) is 2.26. The summed E-state index contributed by atoms with van der Waals surface area (Å²) in [4.78, 5) is 12.4. The Kier molecular flexibility index (Phi) is 8.08. The van der Waals surface area contributed by atoms with E-state index in [-0.39, 0.29) is 12.2 Å². The summed E-state index contributed by atoms with van der Waals surface area (Å²) >= 11 is 0.471. The highest BCUT2D eigenvalue weighted by molar-refractivity contribution is 7.99. The first-order valence-corrected chi connectivity index (χ1v) is 9.35. The molecule has 0 aliphatic carbocycles. The number of unbranched alkanes of at least 4 members (excludes halogenated alkanes) is 2. The van der Waals surface area contributed by atoms with Gasteiger partial charge in [-0.3, -0.25) is 0 Å².